The van der Waals surface area contributed by atoms with Gasteiger partial charge in [0.05, 0.1) is 12.4 Å². The minimum Gasteiger partial charge on any atom is -0.365 e. The summed E-state index contributed by atoms with van der Waals surface area (Å²) in [5, 5.41) is 6.69. The third-order valence-electron chi connectivity index (χ3n) is 1.44. The van der Waals surface area contributed by atoms with Gasteiger partial charge in [0.2, 0.25) is 0 Å². The Morgan fingerprint density at radius 3 is 1.61 bits per heavy atom. The van der Waals surface area contributed by atoms with Crippen LogP contribution in [0.25, 0.3) is 0 Å². The molecule has 0 aliphatic carbocycles. The molecular formula is C13H16N2O3. The molecular weight excluding hydrogens is 232 g/mol. The standard InChI is InChI=1S/C7H10O.2C3H3NO/c1-3-5-7(8)6-4-2;2*1-2-4-5-3-1/h3-4H,1-2,5-6H2;2*1-3H. The van der Waals surface area contributed by atoms with Gasteiger partial charge in [-0.3, -0.25) is 4.79 Å². The monoisotopic (exact) mass is 248 g/mol. The SMILES string of the molecule is C=CCC(=O)CC=C.c1cnoc1.c1cnoc1. The number of allylic oxidation sites excluding steroid dienone is 2. The van der Waals surface area contributed by atoms with E-state index in [-0.39, 0.29) is 5.78 Å². The van der Waals surface area contributed by atoms with Gasteiger partial charge >= 0.3 is 0 Å². The number of hydrogen-bond donors (Lipinski definition) is 0. The zero-order valence-electron chi connectivity index (χ0n) is 10.1. The molecule has 2 aromatic rings. The van der Waals surface area contributed by atoms with E-state index >= 15 is 0 Å². The summed E-state index contributed by atoms with van der Waals surface area (Å²) >= 11 is 0. The molecule has 0 bridgehead atoms. The van der Waals surface area contributed by atoms with Gasteiger partial charge in [0.1, 0.15) is 18.3 Å². The minimum absolute atomic E-state index is 0.176. The highest BCUT2D eigenvalue weighted by Crippen LogP contribution is 1.89. The van der Waals surface area contributed by atoms with Crippen LogP contribution in [-0.2, 0) is 4.79 Å². The van der Waals surface area contributed by atoms with Crippen LogP contribution in [0.4, 0.5) is 0 Å². The number of nitrogens with zero attached hydrogens (tertiary/aromatic N) is 2. The number of ketones is 1. The third-order valence-corrected chi connectivity index (χ3v) is 1.44. The number of Topliss-reactive ketones (excluding diaryl/α,β-unsaturated/α-hetero) is 1. The van der Waals surface area contributed by atoms with Gasteiger partial charge in [-0.25, -0.2) is 0 Å². The van der Waals surface area contributed by atoms with E-state index in [0.29, 0.717) is 12.8 Å². The summed E-state index contributed by atoms with van der Waals surface area (Å²) in [7, 11) is 0. The molecule has 2 aromatic heterocycles. The van der Waals surface area contributed by atoms with Gasteiger partial charge < -0.3 is 9.05 Å². The molecule has 2 rings (SSSR count). The van der Waals surface area contributed by atoms with Crippen molar-refractivity contribution in [2.75, 3.05) is 0 Å². The van der Waals surface area contributed by atoms with Crippen molar-refractivity contribution >= 4 is 5.78 Å². The average molecular weight is 248 g/mol. The Hall–Kier alpha value is -2.43. The van der Waals surface area contributed by atoms with Gasteiger partial charge in [0.25, 0.3) is 0 Å². The first kappa shape index (κ1) is 15.6. The molecule has 0 aliphatic heterocycles. The fraction of sp³-hybridized carbons (Fsp3) is 0.154. The maximum atomic E-state index is 10.5. The molecule has 0 saturated carbocycles. The molecule has 0 atom stereocenters. The largest absolute Gasteiger partial charge is 0.365 e. The maximum Gasteiger partial charge on any atom is 0.140 e. The van der Waals surface area contributed by atoms with E-state index in [2.05, 4.69) is 32.5 Å². The molecule has 0 amide bonds. The van der Waals surface area contributed by atoms with E-state index < -0.39 is 0 Å². The highest BCUT2D eigenvalue weighted by Gasteiger charge is 1.91. The van der Waals surface area contributed by atoms with Gasteiger partial charge in [0.15, 0.2) is 0 Å². The van der Waals surface area contributed by atoms with Gasteiger partial charge in [-0.1, -0.05) is 22.5 Å². The molecule has 0 aromatic carbocycles. The average Bonchev–Trinajstić information content (AvgIpc) is 3.09. The lowest BCUT2D eigenvalue weighted by Gasteiger charge is -1.85. The van der Waals surface area contributed by atoms with Crippen LogP contribution in [0.5, 0.6) is 0 Å². The van der Waals surface area contributed by atoms with Crippen molar-refractivity contribution in [3.63, 3.8) is 0 Å². The summed E-state index contributed by atoms with van der Waals surface area (Å²) < 4.78 is 8.67. The van der Waals surface area contributed by atoms with Crippen molar-refractivity contribution in [1.29, 1.82) is 0 Å². The van der Waals surface area contributed by atoms with Crippen molar-refractivity contribution in [3.8, 4) is 0 Å². The molecule has 0 fully saturated rings. The zero-order valence-corrected chi connectivity index (χ0v) is 10.1. The van der Waals surface area contributed by atoms with Crippen molar-refractivity contribution in [2.24, 2.45) is 0 Å². The second-order valence-electron chi connectivity index (χ2n) is 2.90. The van der Waals surface area contributed by atoms with Crippen LogP contribution >= 0.6 is 0 Å². The Kier molecular flexibility index (Phi) is 10.9. The predicted octanol–water partition coefficient (Wildman–Crippen LogP) is 3.06. The van der Waals surface area contributed by atoms with Crippen molar-refractivity contribution in [3.05, 3.63) is 62.4 Å². The topological polar surface area (TPSA) is 69.1 Å². The highest BCUT2D eigenvalue weighted by atomic mass is 16.5. The first-order valence-electron chi connectivity index (χ1n) is 5.23. The summed E-state index contributed by atoms with van der Waals surface area (Å²) in [5.74, 6) is 0.176. The van der Waals surface area contributed by atoms with Gasteiger partial charge in [-0.2, -0.15) is 0 Å². The number of hydrogen-bond acceptors (Lipinski definition) is 5. The number of aromatic nitrogens is 2. The smallest absolute Gasteiger partial charge is 0.140 e. The second-order valence-corrected chi connectivity index (χ2v) is 2.90. The van der Waals surface area contributed by atoms with Crippen molar-refractivity contribution in [1.82, 2.24) is 10.3 Å². The molecule has 0 saturated heterocycles. The Morgan fingerprint density at radius 2 is 1.44 bits per heavy atom. The molecule has 0 aliphatic rings. The van der Waals surface area contributed by atoms with Gasteiger partial charge in [-0.05, 0) is 12.1 Å². The van der Waals surface area contributed by atoms with Crippen molar-refractivity contribution in [2.45, 2.75) is 12.8 Å². The summed E-state index contributed by atoms with van der Waals surface area (Å²) in [6.45, 7) is 6.86. The highest BCUT2D eigenvalue weighted by molar-refractivity contribution is 5.80. The lowest BCUT2D eigenvalue weighted by atomic mass is 10.2. The molecule has 0 N–H and O–H groups in total. The van der Waals surface area contributed by atoms with E-state index in [1.807, 2.05) is 0 Å². The zero-order chi connectivity index (χ0) is 13.5. The number of carbonyl (C=O) groups excluding carboxylic acids is 1. The molecule has 18 heavy (non-hydrogen) atoms. The summed E-state index contributed by atoms with van der Waals surface area (Å²) in [6, 6.07) is 3.44. The summed E-state index contributed by atoms with van der Waals surface area (Å²) in [4.78, 5) is 10.5. The molecule has 5 heteroatoms. The molecule has 0 radical (unpaired) electrons. The first-order valence-corrected chi connectivity index (χ1v) is 5.23. The Labute approximate surface area is 106 Å². The number of carbonyl (C=O) groups is 1. The van der Waals surface area contributed by atoms with Crippen LogP contribution in [0.1, 0.15) is 12.8 Å². The fourth-order valence-electron chi connectivity index (χ4n) is 0.757. The lowest BCUT2D eigenvalue weighted by Crippen LogP contribution is -1.90. The molecule has 0 unspecified atom stereocenters. The fourth-order valence-corrected chi connectivity index (χ4v) is 0.757. The van der Waals surface area contributed by atoms with Crippen LogP contribution < -0.4 is 0 Å². The van der Waals surface area contributed by atoms with Crippen LogP contribution in [0.3, 0.4) is 0 Å². The predicted molar refractivity (Wildman–Crippen MR) is 67.6 cm³/mol. The van der Waals surface area contributed by atoms with Gasteiger partial charge in [0, 0.05) is 12.8 Å². The Bertz CT molecular complexity index is 321. The maximum absolute atomic E-state index is 10.5. The molecule has 5 nitrogen and oxygen atoms in total. The molecule has 2 heterocycles. The summed E-state index contributed by atoms with van der Waals surface area (Å²) in [6.07, 6.45) is 10.3. The normalized spacial score (nSPS) is 8.00. The number of rotatable bonds is 4. The Morgan fingerprint density at radius 1 is 1.00 bits per heavy atom. The summed E-state index contributed by atoms with van der Waals surface area (Å²) in [5.41, 5.74) is 0. The van der Waals surface area contributed by atoms with Crippen LogP contribution in [0.15, 0.2) is 71.4 Å². The van der Waals surface area contributed by atoms with E-state index in [1.165, 1.54) is 12.5 Å². The van der Waals surface area contributed by atoms with E-state index in [0.717, 1.165) is 0 Å². The first-order chi connectivity index (χ1) is 8.81. The Balaban J connectivity index is 0.000000250. The molecule has 0 spiro atoms. The minimum atomic E-state index is 0.176. The van der Waals surface area contributed by atoms with Crippen LogP contribution in [0.2, 0.25) is 0 Å². The quantitative estimate of drug-likeness (QED) is 0.778. The van der Waals surface area contributed by atoms with E-state index in [9.17, 15) is 4.79 Å². The van der Waals surface area contributed by atoms with Gasteiger partial charge in [-0.15, -0.1) is 13.2 Å². The van der Waals surface area contributed by atoms with Crippen LogP contribution in [0, 0.1) is 0 Å². The van der Waals surface area contributed by atoms with Crippen molar-refractivity contribution < 1.29 is 13.8 Å². The third kappa shape index (κ3) is 11.6. The van der Waals surface area contributed by atoms with E-state index in [4.69, 9.17) is 0 Å². The van der Waals surface area contributed by atoms with E-state index in [1.54, 1.807) is 36.7 Å². The second kappa shape index (κ2) is 12.6. The lowest BCUT2D eigenvalue weighted by molar-refractivity contribution is -0.117. The van der Waals surface area contributed by atoms with Crippen LogP contribution in [-0.4, -0.2) is 16.1 Å². The molecule has 96 valence electrons.